The highest BCUT2D eigenvalue weighted by Crippen LogP contribution is 2.01. The average molecular weight is 166 g/mol. The zero-order valence-electron chi connectivity index (χ0n) is 7.53. The van der Waals surface area contributed by atoms with Gasteiger partial charge < -0.3 is 10.8 Å². The van der Waals surface area contributed by atoms with Gasteiger partial charge in [-0.05, 0) is 12.0 Å². The fraction of sp³-hybridized carbons (Fsp3) is 0.222. The van der Waals surface area contributed by atoms with Crippen LogP contribution in [0.3, 0.4) is 0 Å². The first-order valence-electron chi connectivity index (χ1n) is 4.14. The Kier molecular flexibility index (Phi) is 2.36. The van der Waals surface area contributed by atoms with Crippen molar-refractivity contribution < 1.29 is 11.3 Å². The van der Waals surface area contributed by atoms with E-state index in [4.69, 9.17) is 12.2 Å². The Bertz CT molecular complexity index is 314. The lowest BCUT2D eigenvalue weighted by Gasteiger charge is -2.04. The molecule has 0 radical (unpaired) electrons. The van der Waals surface area contributed by atoms with E-state index in [0.29, 0.717) is 11.6 Å². The largest absolute Gasteiger partial charge is 0.480 e. The van der Waals surface area contributed by atoms with Crippen LogP contribution in [0.1, 0.15) is 6.93 Å². The second-order valence-electron chi connectivity index (χ2n) is 2.54. The maximum absolute atomic E-state index is 10.4. The van der Waals surface area contributed by atoms with Crippen molar-refractivity contribution in [2.24, 2.45) is 5.73 Å². The smallest absolute Gasteiger partial charge is 0.320 e. The van der Waals surface area contributed by atoms with Gasteiger partial charge in [-0.25, -0.2) is 0 Å². The summed E-state index contributed by atoms with van der Waals surface area (Å²) >= 11 is 0. The van der Waals surface area contributed by atoms with Crippen molar-refractivity contribution in [1.82, 2.24) is 0 Å². The molecule has 1 unspecified atom stereocenters. The van der Waals surface area contributed by atoms with Gasteiger partial charge in [-0.3, -0.25) is 4.79 Å². The molecule has 1 atom stereocenters. The molecule has 0 amide bonds. The van der Waals surface area contributed by atoms with Gasteiger partial charge in [0.2, 0.25) is 0 Å². The summed E-state index contributed by atoms with van der Waals surface area (Å²) in [7, 11) is 0. The summed E-state index contributed by atoms with van der Waals surface area (Å²) in [5.41, 5.74) is 6.00. The van der Waals surface area contributed by atoms with E-state index < -0.39 is 12.0 Å². The van der Waals surface area contributed by atoms with E-state index in [1.165, 1.54) is 0 Å². The third kappa shape index (κ3) is 2.36. The van der Waals surface area contributed by atoms with Crippen LogP contribution >= 0.6 is 0 Å². The van der Waals surface area contributed by atoms with E-state index >= 15 is 0 Å². The number of hydrogen-bond acceptors (Lipinski definition) is 2. The second-order valence-corrected chi connectivity index (χ2v) is 2.54. The minimum absolute atomic E-state index is 0.203. The van der Waals surface area contributed by atoms with Crippen molar-refractivity contribution in [2.45, 2.75) is 12.5 Å². The molecule has 0 bridgehead atoms. The number of nitrogens with two attached hydrogens (primary N) is 1. The van der Waals surface area contributed by atoms with Crippen LogP contribution in [0, 0.1) is 0 Å². The van der Waals surface area contributed by atoms with Gasteiger partial charge in [0, 0.05) is 0 Å². The van der Waals surface area contributed by atoms with Crippen LogP contribution in [0.2, 0.25) is 0 Å². The molecule has 12 heavy (non-hydrogen) atoms. The zero-order valence-corrected chi connectivity index (χ0v) is 6.53. The quantitative estimate of drug-likeness (QED) is 0.692. The molecule has 1 aromatic carbocycles. The van der Waals surface area contributed by atoms with E-state index in [0.717, 1.165) is 0 Å². The molecule has 0 aliphatic rings. The predicted molar refractivity (Wildman–Crippen MR) is 45.8 cm³/mol. The second kappa shape index (κ2) is 3.88. The van der Waals surface area contributed by atoms with Gasteiger partial charge in [-0.1, -0.05) is 30.3 Å². The van der Waals surface area contributed by atoms with Gasteiger partial charge in [0.05, 0.1) is 1.37 Å². The number of hydrogen-bond donors (Lipinski definition) is 2. The molecule has 3 N–H and O–H groups in total. The van der Waals surface area contributed by atoms with Crippen LogP contribution in [0.25, 0.3) is 0 Å². The number of carboxylic acids is 1. The molecule has 0 saturated heterocycles. The van der Waals surface area contributed by atoms with Crippen LogP contribution < -0.4 is 5.73 Å². The lowest BCUT2D eigenvalue weighted by Crippen LogP contribution is -2.32. The monoisotopic (exact) mass is 166 g/mol. The molecule has 1 rings (SSSR count). The highest BCUT2D eigenvalue weighted by atomic mass is 16.4. The highest BCUT2D eigenvalue weighted by molar-refractivity contribution is 5.73. The molecule has 0 heterocycles. The highest BCUT2D eigenvalue weighted by Gasteiger charge is 2.10. The van der Waals surface area contributed by atoms with E-state index in [2.05, 4.69) is 0 Å². The summed E-state index contributed by atoms with van der Waals surface area (Å²) in [5.74, 6) is -1.04. The Morgan fingerprint density at radius 2 is 2.42 bits per heavy atom. The molecule has 0 spiro atoms. The standard InChI is InChI=1S/C9H11NO2/c10-8(9(11)12)6-7-4-2-1-3-5-7/h1-5,8H,6,10H2,(H,11,12)/i4D. The fourth-order valence-corrected chi connectivity index (χ4v) is 0.882. The number of rotatable bonds is 3. The van der Waals surface area contributed by atoms with Gasteiger partial charge in [-0.15, -0.1) is 0 Å². The Morgan fingerprint density at radius 1 is 1.67 bits per heavy atom. The maximum atomic E-state index is 10.4. The molecule has 3 nitrogen and oxygen atoms in total. The topological polar surface area (TPSA) is 63.3 Å². The van der Waals surface area contributed by atoms with Crippen LogP contribution in [0.15, 0.2) is 30.3 Å². The third-order valence-electron chi connectivity index (χ3n) is 1.53. The predicted octanol–water partition coefficient (Wildman–Crippen LogP) is 0.641. The van der Waals surface area contributed by atoms with Crippen LogP contribution in [-0.4, -0.2) is 17.1 Å². The molecule has 0 fully saturated rings. The van der Waals surface area contributed by atoms with E-state index in [-0.39, 0.29) is 6.42 Å². The molecule has 0 aliphatic heterocycles. The lowest BCUT2D eigenvalue weighted by molar-refractivity contribution is -0.138. The first-order valence-corrected chi connectivity index (χ1v) is 3.64. The van der Waals surface area contributed by atoms with Crippen LogP contribution in [-0.2, 0) is 11.2 Å². The Hall–Kier alpha value is -1.35. The summed E-state index contributed by atoms with van der Waals surface area (Å²) in [4.78, 5) is 10.4. The van der Waals surface area contributed by atoms with Gasteiger partial charge in [0.25, 0.3) is 0 Å². The molecular weight excluding hydrogens is 154 g/mol. The first kappa shape index (κ1) is 7.31. The number of carbonyl (C=O) groups is 1. The summed E-state index contributed by atoms with van der Waals surface area (Å²) in [6.45, 7) is 0. The van der Waals surface area contributed by atoms with Crippen molar-refractivity contribution in [1.29, 1.82) is 0 Å². The summed E-state index contributed by atoms with van der Waals surface area (Å²) in [6.07, 6.45) is 0.203. The molecule has 3 heteroatoms. The van der Waals surface area contributed by atoms with Crippen molar-refractivity contribution in [3.63, 3.8) is 0 Å². The zero-order chi connectivity index (χ0) is 9.84. The average Bonchev–Trinajstić information content (AvgIpc) is 2.08. The van der Waals surface area contributed by atoms with E-state index in [9.17, 15) is 4.79 Å². The molecule has 64 valence electrons. The van der Waals surface area contributed by atoms with Crippen molar-refractivity contribution in [2.75, 3.05) is 0 Å². The fourth-order valence-electron chi connectivity index (χ4n) is 0.882. The van der Waals surface area contributed by atoms with Gasteiger partial charge in [0.15, 0.2) is 0 Å². The Labute approximate surface area is 72.2 Å². The minimum atomic E-state index is -1.04. The summed E-state index contributed by atoms with van der Waals surface area (Å²) < 4.78 is 7.46. The summed E-state index contributed by atoms with van der Waals surface area (Å²) in [5, 5.41) is 8.55. The van der Waals surface area contributed by atoms with Crippen LogP contribution in [0.5, 0.6) is 0 Å². The minimum Gasteiger partial charge on any atom is -0.480 e. The van der Waals surface area contributed by atoms with Gasteiger partial charge in [0.1, 0.15) is 6.04 Å². The molecular formula is C9H11NO2. The van der Waals surface area contributed by atoms with E-state index in [1.807, 2.05) is 0 Å². The molecule has 0 saturated carbocycles. The lowest BCUT2D eigenvalue weighted by atomic mass is 10.1. The Balaban J connectivity index is 2.74. The van der Waals surface area contributed by atoms with Crippen molar-refractivity contribution >= 4 is 5.97 Å². The maximum Gasteiger partial charge on any atom is 0.320 e. The molecule has 0 aliphatic carbocycles. The first-order chi connectivity index (χ1) is 6.11. The number of benzene rings is 1. The van der Waals surface area contributed by atoms with E-state index in [1.54, 1.807) is 24.3 Å². The van der Waals surface area contributed by atoms with Gasteiger partial charge >= 0.3 is 5.97 Å². The van der Waals surface area contributed by atoms with Crippen molar-refractivity contribution in [3.05, 3.63) is 35.9 Å². The van der Waals surface area contributed by atoms with Crippen molar-refractivity contribution in [3.8, 4) is 0 Å². The molecule has 0 aromatic heterocycles. The number of carboxylic acid groups (broad SMARTS) is 1. The number of aliphatic carboxylic acids is 1. The summed E-state index contributed by atoms with van der Waals surface area (Å²) in [6, 6.07) is 6.24. The normalized spacial score (nSPS) is 13.6. The Morgan fingerprint density at radius 3 is 3.00 bits per heavy atom. The van der Waals surface area contributed by atoms with Crippen LogP contribution in [0.4, 0.5) is 0 Å². The molecule has 1 aromatic rings. The SMILES string of the molecule is [2H]c1ccccc1CC(N)C(=O)O. The van der Waals surface area contributed by atoms with Gasteiger partial charge in [-0.2, -0.15) is 0 Å². The third-order valence-corrected chi connectivity index (χ3v) is 1.53.